The minimum atomic E-state index is -4.67. The van der Waals surface area contributed by atoms with Crippen LogP contribution in [0.3, 0.4) is 0 Å². The minimum absolute atomic E-state index is 0.133. The molecule has 37 heavy (non-hydrogen) atoms. The number of carbonyl (C=O) groups excluding carboxylic acids is 1. The standard InChI is InChI=1S/C25H23F3N4O4S/c1-15-2-4-18(30-23(33)17-6-9-29-22(13-17)25(26,27)28)14-19(15)16-3-5-21-20(12-16)31-24(32-37(21,34)35)7-10-36-11-8-24/h2-6,9,12-14,31-32H,7-8,10-11H2,1H3,(H,30,33). The number of benzene rings is 2. The summed E-state index contributed by atoms with van der Waals surface area (Å²) < 4.78 is 73.0. The summed E-state index contributed by atoms with van der Waals surface area (Å²) in [7, 11) is -3.74. The van der Waals surface area contributed by atoms with Crippen molar-refractivity contribution in [1.82, 2.24) is 9.71 Å². The van der Waals surface area contributed by atoms with Crippen LogP contribution >= 0.6 is 0 Å². The summed E-state index contributed by atoms with van der Waals surface area (Å²) in [5.74, 6) is -0.714. The monoisotopic (exact) mass is 532 g/mol. The highest BCUT2D eigenvalue weighted by atomic mass is 32.2. The molecule has 2 aliphatic rings. The number of aryl methyl sites for hydroxylation is 1. The number of amides is 1. The fourth-order valence-corrected chi connectivity index (χ4v) is 6.04. The van der Waals surface area contributed by atoms with Gasteiger partial charge in [-0.1, -0.05) is 12.1 Å². The third-order valence-corrected chi connectivity index (χ3v) is 8.03. The molecule has 0 aliphatic carbocycles. The maximum atomic E-state index is 13.0. The number of sulfonamides is 1. The number of carbonyl (C=O) groups is 1. The molecule has 3 N–H and O–H groups in total. The number of nitrogens with one attached hydrogen (secondary N) is 3. The van der Waals surface area contributed by atoms with Crippen LogP contribution in [0.2, 0.25) is 0 Å². The Labute approximate surface area is 211 Å². The Balaban J connectivity index is 1.45. The summed E-state index contributed by atoms with van der Waals surface area (Å²) in [6.07, 6.45) is -2.78. The summed E-state index contributed by atoms with van der Waals surface area (Å²) in [6, 6.07) is 11.9. The second kappa shape index (κ2) is 9.12. The molecule has 8 nitrogen and oxygen atoms in total. The van der Waals surface area contributed by atoms with Gasteiger partial charge in [-0.25, -0.2) is 8.42 Å². The van der Waals surface area contributed by atoms with Crippen molar-refractivity contribution in [1.29, 1.82) is 0 Å². The Bertz CT molecular complexity index is 1490. The summed E-state index contributed by atoms with van der Waals surface area (Å²) in [4.78, 5) is 16.1. The number of nitrogens with zero attached hydrogens (tertiary/aromatic N) is 1. The van der Waals surface area contributed by atoms with E-state index in [0.717, 1.165) is 17.3 Å². The number of aromatic nitrogens is 1. The fraction of sp³-hybridized carbons (Fsp3) is 0.280. The van der Waals surface area contributed by atoms with Crippen molar-refractivity contribution >= 4 is 27.3 Å². The van der Waals surface area contributed by atoms with E-state index in [-0.39, 0.29) is 10.5 Å². The van der Waals surface area contributed by atoms with E-state index in [1.54, 1.807) is 30.3 Å². The van der Waals surface area contributed by atoms with E-state index in [0.29, 0.717) is 49.1 Å². The third-order valence-electron chi connectivity index (χ3n) is 6.44. The highest BCUT2D eigenvalue weighted by Gasteiger charge is 2.42. The van der Waals surface area contributed by atoms with E-state index in [4.69, 9.17) is 4.74 Å². The Hall–Kier alpha value is -3.48. The first-order chi connectivity index (χ1) is 17.5. The number of alkyl halides is 3. The molecule has 0 unspecified atom stereocenters. The zero-order chi connectivity index (χ0) is 26.4. The molecule has 12 heteroatoms. The lowest BCUT2D eigenvalue weighted by Crippen LogP contribution is -2.59. The molecule has 1 aromatic heterocycles. The molecule has 3 heterocycles. The molecule has 5 rings (SSSR count). The summed E-state index contributed by atoms with van der Waals surface area (Å²) in [5, 5.41) is 5.97. The van der Waals surface area contributed by atoms with Gasteiger partial charge in [0, 0.05) is 30.3 Å². The van der Waals surface area contributed by atoms with Gasteiger partial charge in [-0.2, -0.15) is 17.9 Å². The van der Waals surface area contributed by atoms with Gasteiger partial charge in [-0.05, 0) is 60.0 Å². The molecule has 194 valence electrons. The topological polar surface area (TPSA) is 109 Å². The Kier molecular flexibility index (Phi) is 6.21. The molecule has 2 aliphatic heterocycles. The highest BCUT2D eigenvalue weighted by molar-refractivity contribution is 7.89. The third kappa shape index (κ3) is 5.04. The van der Waals surface area contributed by atoms with E-state index in [2.05, 4.69) is 20.3 Å². The minimum Gasteiger partial charge on any atom is -0.381 e. The van der Waals surface area contributed by atoms with Gasteiger partial charge < -0.3 is 15.4 Å². The number of halogens is 3. The van der Waals surface area contributed by atoms with E-state index in [1.807, 2.05) is 6.92 Å². The van der Waals surface area contributed by atoms with E-state index >= 15 is 0 Å². The van der Waals surface area contributed by atoms with E-state index < -0.39 is 33.5 Å². The maximum absolute atomic E-state index is 13.0. The average molecular weight is 533 g/mol. The lowest BCUT2D eigenvalue weighted by molar-refractivity contribution is -0.141. The molecule has 0 saturated carbocycles. The first kappa shape index (κ1) is 25.2. The predicted octanol–water partition coefficient (Wildman–Crippen LogP) is 4.54. The van der Waals surface area contributed by atoms with Crippen LogP contribution < -0.4 is 15.4 Å². The van der Waals surface area contributed by atoms with E-state index in [1.165, 1.54) is 12.1 Å². The molecule has 0 bridgehead atoms. The summed E-state index contributed by atoms with van der Waals surface area (Å²) in [6.45, 7) is 2.71. The molecular weight excluding hydrogens is 509 g/mol. The quantitative estimate of drug-likeness (QED) is 0.457. The molecule has 3 aromatic rings. The van der Waals surface area contributed by atoms with Crippen LogP contribution in [-0.2, 0) is 20.9 Å². The number of fused-ring (bicyclic) bond motifs is 1. The first-order valence-electron chi connectivity index (χ1n) is 11.5. The van der Waals surface area contributed by atoms with Crippen molar-refractivity contribution in [3.63, 3.8) is 0 Å². The zero-order valence-corrected chi connectivity index (χ0v) is 20.5. The van der Waals surface area contributed by atoms with Gasteiger partial charge in [0.2, 0.25) is 10.0 Å². The van der Waals surface area contributed by atoms with Gasteiger partial charge in [0.15, 0.2) is 0 Å². The van der Waals surface area contributed by atoms with Gasteiger partial charge in [-0.15, -0.1) is 0 Å². The van der Waals surface area contributed by atoms with Gasteiger partial charge in [0.05, 0.1) is 18.9 Å². The smallest absolute Gasteiger partial charge is 0.381 e. The lowest BCUT2D eigenvalue weighted by Gasteiger charge is -2.42. The number of anilines is 2. The molecule has 1 saturated heterocycles. The number of ether oxygens (including phenoxy) is 1. The lowest BCUT2D eigenvalue weighted by atomic mass is 9.97. The number of pyridine rings is 1. The highest BCUT2D eigenvalue weighted by Crippen LogP contribution is 2.38. The maximum Gasteiger partial charge on any atom is 0.433 e. The predicted molar refractivity (Wildman–Crippen MR) is 131 cm³/mol. The Morgan fingerprint density at radius 1 is 1.08 bits per heavy atom. The van der Waals surface area contributed by atoms with Crippen LogP contribution in [0.25, 0.3) is 11.1 Å². The average Bonchev–Trinajstić information content (AvgIpc) is 2.84. The molecule has 0 atom stereocenters. The van der Waals surface area contributed by atoms with Crippen molar-refractivity contribution in [2.45, 2.75) is 36.5 Å². The zero-order valence-electron chi connectivity index (χ0n) is 19.6. The molecule has 2 aromatic carbocycles. The van der Waals surface area contributed by atoms with Crippen molar-refractivity contribution < 1.29 is 31.1 Å². The van der Waals surface area contributed by atoms with Crippen LogP contribution in [0.1, 0.15) is 34.5 Å². The number of hydrogen-bond acceptors (Lipinski definition) is 6. The molecule has 0 radical (unpaired) electrons. The van der Waals surface area contributed by atoms with Crippen LogP contribution in [-0.4, -0.2) is 38.2 Å². The number of hydrogen-bond donors (Lipinski definition) is 3. The molecular formula is C25H23F3N4O4S. The van der Waals surface area contributed by atoms with Crippen molar-refractivity contribution in [2.24, 2.45) is 0 Å². The van der Waals surface area contributed by atoms with Gasteiger partial charge in [0.25, 0.3) is 5.91 Å². The van der Waals surface area contributed by atoms with Crippen molar-refractivity contribution in [2.75, 3.05) is 23.8 Å². The summed E-state index contributed by atoms with van der Waals surface area (Å²) >= 11 is 0. The number of rotatable bonds is 3. The largest absolute Gasteiger partial charge is 0.433 e. The van der Waals surface area contributed by atoms with E-state index in [9.17, 15) is 26.4 Å². The normalized spacial score (nSPS) is 18.1. The van der Waals surface area contributed by atoms with Crippen molar-refractivity contribution in [3.05, 3.63) is 71.5 Å². The van der Waals surface area contributed by atoms with Gasteiger partial charge in [0.1, 0.15) is 16.3 Å². The van der Waals surface area contributed by atoms with Crippen LogP contribution in [0.5, 0.6) is 0 Å². The molecule has 1 amide bonds. The molecule has 1 fully saturated rings. The van der Waals surface area contributed by atoms with Crippen molar-refractivity contribution in [3.8, 4) is 11.1 Å². The SMILES string of the molecule is Cc1ccc(NC(=O)c2ccnc(C(F)(F)F)c2)cc1-c1ccc2c(c1)NC1(CCOCC1)NS2(=O)=O. The first-order valence-corrected chi connectivity index (χ1v) is 12.9. The van der Waals surface area contributed by atoms with Gasteiger partial charge in [-0.3, -0.25) is 9.78 Å². The van der Waals surface area contributed by atoms with Crippen LogP contribution in [0, 0.1) is 6.92 Å². The van der Waals surface area contributed by atoms with Crippen LogP contribution in [0.4, 0.5) is 24.5 Å². The fourth-order valence-electron chi connectivity index (χ4n) is 4.51. The molecule has 1 spiro atoms. The van der Waals surface area contributed by atoms with Gasteiger partial charge >= 0.3 is 6.18 Å². The second-order valence-electron chi connectivity index (χ2n) is 9.05. The Morgan fingerprint density at radius 2 is 1.84 bits per heavy atom. The Morgan fingerprint density at radius 3 is 2.57 bits per heavy atom. The summed E-state index contributed by atoms with van der Waals surface area (Å²) in [5.41, 5.74) is 0.972. The van der Waals surface area contributed by atoms with Crippen LogP contribution in [0.15, 0.2) is 59.6 Å². The second-order valence-corrected chi connectivity index (χ2v) is 10.7.